The van der Waals surface area contributed by atoms with Gasteiger partial charge in [0.15, 0.2) is 5.78 Å². The first-order valence-electron chi connectivity index (χ1n) is 22.8. The van der Waals surface area contributed by atoms with Gasteiger partial charge in [0.2, 0.25) is 0 Å². The zero-order valence-electron chi connectivity index (χ0n) is 35.6. The van der Waals surface area contributed by atoms with E-state index >= 15 is 4.79 Å². The quantitative estimate of drug-likeness (QED) is 0.0932. The standard InChI is InChI=1S/C49H52Cl2N8O5/c50-39-21-56-46-35(39)17-31(19-54-46)29-13-27-1-9-58(23-37(27)33(15-29)41-25-63-11-7-52-41)44(48(61)3-4-48)43(60)45(49(62)5-6-49)59-10-2-28-14-30(32-18-36-40(51)22-57-47(36)55-20-32)16-34(38(28)24-59)42-26-64-12-8-53-42/h13-22,41-42,44-45,52-53,61-62H,1-12,23-26H2,(H,54,56)(H,55,57). The van der Waals surface area contributed by atoms with Crippen molar-refractivity contribution >= 4 is 51.1 Å². The van der Waals surface area contributed by atoms with Crippen LogP contribution in [0.5, 0.6) is 0 Å². The van der Waals surface area contributed by atoms with Gasteiger partial charge in [-0.2, -0.15) is 0 Å². The number of morpholine rings is 2. The lowest BCUT2D eigenvalue weighted by molar-refractivity contribution is -0.142. The molecule has 4 fully saturated rings. The van der Waals surface area contributed by atoms with Crippen LogP contribution >= 0.6 is 23.2 Å². The molecule has 4 aromatic heterocycles. The number of benzene rings is 2. The minimum atomic E-state index is -1.16. The molecule has 332 valence electrons. The van der Waals surface area contributed by atoms with Gasteiger partial charge in [-0.15, -0.1) is 0 Å². The molecule has 2 aliphatic carbocycles. The molecule has 8 heterocycles. The third kappa shape index (κ3) is 7.29. The minimum Gasteiger partial charge on any atom is -0.388 e. The van der Waals surface area contributed by atoms with Crippen molar-refractivity contribution in [3.05, 3.63) is 105 Å². The van der Waals surface area contributed by atoms with Gasteiger partial charge < -0.3 is 40.3 Å². The van der Waals surface area contributed by atoms with Crippen LogP contribution < -0.4 is 10.6 Å². The summed E-state index contributed by atoms with van der Waals surface area (Å²) >= 11 is 13.1. The van der Waals surface area contributed by atoms with Gasteiger partial charge in [-0.3, -0.25) is 14.6 Å². The van der Waals surface area contributed by atoms with Crippen molar-refractivity contribution in [3.63, 3.8) is 0 Å². The number of nitrogens with zero attached hydrogens (tertiary/aromatic N) is 4. The monoisotopic (exact) mass is 902 g/mol. The van der Waals surface area contributed by atoms with Gasteiger partial charge in [0.05, 0.1) is 71.8 Å². The van der Waals surface area contributed by atoms with Crippen LogP contribution in [0.15, 0.2) is 61.2 Å². The lowest BCUT2D eigenvalue weighted by Gasteiger charge is -2.44. The zero-order chi connectivity index (χ0) is 43.3. The molecule has 15 heteroatoms. The number of carbonyl (C=O) groups is 1. The molecule has 6 N–H and O–H groups in total. The van der Waals surface area contributed by atoms with Gasteiger partial charge in [0.25, 0.3) is 0 Å². The van der Waals surface area contributed by atoms with E-state index in [1.807, 2.05) is 12.4 Å². The van der Waals surface area contributed by atoms with Gasteiger partial charge in [0.1, 0.15) is 11.3 Å². The first-order chi connectivity index (χ1) is 31.1. The molecule has 6 aliphatic rings. The van der Waals surface area contributed by atoms with Crippen LogP contribution in [0.3, 0.4) is 0 Å². The van der Waals surface area contributed by atoms with Crippen molar-refractivity contribution < 1.29 is 24.5 Å². The smallest absolute Gasteiger partial charge is 0.172 e. The van der Waals surface area contributed by atoms with Gasteiger partial charge in [-0.1, -0.05) is 35.3 Å². The fraction of sp³-hybridized carbons (Fsp3) is 0.449. The van der Waals surface area contributed by atoms with Crippen molar-refractivity contribution in [3.8, 4) is 22.3 Å². The molecule has 0 amide bonds. The topological polar surface area (TPSA) is 164 Å². The average Bonchev–Trinajstić information content (AvgIpc) is 4.18. The van der Waals surface area contributed by atoms with Crippen molar-refractivity contribution in [1.82, 2.24) is 40.4 Å². The number of nitrogens with one attached hydrogen (secondary N) is 4. The maximum atomic E-state index is 15.6. The fourth-order valence-corrected chi connectivity index (χ4v) is 11.5. The Hall–Kier alpha value is -4.25. The first-order valence-corrected chi connectivity index (χ1v) is 23.5. The summed E-state index contributed by atoms with van der Waals surface area (Å²) in [6, 6.07) is 11.6. The number of Topliss-reactive ketones (excluding diaryl/α,β-unsaturated/α-hetero) is 1. The number of ether oxygens (including phenoxy) is 2. The summed E-state index contributed by atoms with van der Waals surface area (Å²) in [7, 11) is 0. The van der Waals surface area contributed by atoms with E-state index in [0.29, 0.717) is 101 Å². The Morgan fingerprint density at radius 3 is 1.53 bits per heavy atom. The Morgan fingerprint density at radius 2 is 1.12 bits per heavy atom. The number of aromatic nitrogens is 4. The molecule has 4 unspecified atom stereocenters. The summed E-state index contributed by atoms with van der Waals surface area (Å²) in [4.78, 5) is 35.7. The third-order valence-corrected chi connectivity index (χ3v) is 15.5. The minimum absolute atomic E-state index is 0.0363. The van der Waals surface area contributed by atoms with Crippen LogP contribution in [-0.2, 0) is 40.2 Å². The molecule has 13 nitrogen and oxygen atoms in total. The van der Waals surface area contributed by atoms with Crippen LogP contribution in [0.4, 0.5) is 0 Å². The van der Waals surface area contributed by atoms with Crippen LogP contribution in [0, 0.1) is 0 Å². The number of aliphatic hydroxyl groups is 2. The highest BCUT2D eigenvalue weighted by molar-refractivity contribution is 6.35. The average molecular weight is 904 g/mol. The summed E-state index contributed by atoms with van der Waals surface area (Å²) < 4.78 is 12.0. The number of pyridine rings is 2. The molecule has 12 rings (SSSR count). The maximum Gasteiger partial charge on any atom is 0.172 e. The fourth-order valence-electron chi connectivity index (χ4n) is 11.1. The normalized spacial score (nSPS) is 24.0. The largest absolute Gasteiger partial charge is 0.388 e. The molecular weight excluding hydrogens is 851 g/mol. The molecule has 4 aliphatic heterocycles. The van der Waals surface area contributed by atoms with E-state index in [4.69, 9.17) is 32.7 Å². The lowest BCUT2D eigenvalue weighted by atomic mass is 9.83. The first kappa shape index (κ1) is 41.2. The van der Waals surface area contributed by atoms with E-state index in [9.17, 15) is 10.2 Å². The Morgan fingerprint density at radius 1 is 0.672 bits per heavy atom. The Bertz CT molecular complexity index is 2620. The SMILES string of the molecule is O=C(C(N1CCc2cc(-c3cnc4[nH]cc(Cl)c4c3)cc(C3COCCN3)c2C1)C1(O)CC1)C(N1CCc2cc(-c3cnc4[nH]cc(Cl)c4c3)cc(C3COCCN3)c2C1)C1(O)CC1. The molecular formula is C49H52Cl2N8O5. The van der Waals surface area contributed by atoms with Crippen molar-refractivity contribution in [2.24, 2.45) is 0 Å². The molecule has 4 atom stereocenters. The number of halogens is 2. The van der Waals surface area contributed by atoms with E-state index in [-0.39, 0.29) is 17.9 Å². The van der Waals surface area contributed by atoms with Gasteiger partial charge in [-0.05, 0) is 107 Å². The molecule has 2 aromatic carbocycles. The van der Waals surface area contributed by atoms with Crippen molar-refractivity contribution in [2.75, 3.05) is 52.6 Å². The second-order valence-corrected chi connectivity index (χ2v) is 19.8. The molecule has 0 spiro atoms. The molecule has 2 saturated carbocycles. The Kier molecular flexibility index (Phi) is 10.3. The van der Waals surface area contributed by atoms with Crippen LogP contribution in [0.25, 0.3) is 44.3 Å². The molecule has 64 heavy (non-hydrogen) atoms. The summed E-state index contributed by atoms with van der Waals surface area (Å²) in [5, 5.41) is 34.8. The summed E-state index contributed by atoms with van der Waals surface area (Å²) in [5.41, 5.74) is 10.3. The van der Waals surface area contributed by atoms with Crippen LogP contribution in [0.1, 0.15) is 71.1 Å². The molecule has 6 aromatic rings. The second-order valence-electron chi connectivity index (χ2n) is 18.9. The van der Waals surface area contributed by atoms with E-state index in [1.54, 1.807) is 12.4 Å². The second kappa shape index (κ2) is 16.0. The van der Waals surface area contributed by atoms with E-state index < -0.39 is 23.3 Å². The summed E-state index contributed by atoms with van der Waals surface area (Å²) in [6.07, 6.45) is 10.9. The highest BCUT2D eigenvalue weighted by atomic mass is 35.5. The number of ketones is 1. The van der Waals surface area contributed by atoms with E-state index in [2.05, 4.69) is 76.8 Å². The molecule has 2 saturated heterocycles. The predicted molar refractivity (Wildman–Crippen MR) is 245 cm³/mol. The number of carbonyl (C=O) groups excluding carboxylic acids is 1. The summed E-state index contributed by atoms with van der Waals surface area (Å²) in [6.45, 7) is 6.07. The maximum absolute atomic E-state index is 15.6. The van der Waals surface area contributed by atoms with E-state index in [0.717, 1.165) is 79.7 Å². The van der Waals surface area contributed by atoms with Crippen LogP contribution in [0.2, 0.25) is 10.0 Å². The number of H-pyrrole nitrogens is 2. The number of aromatic amines is 2. The van der Waals surface area contributed by atoms with Crippen molar-refractivity contribution in [2.45, 2.75) is 87.0 Å². The highest BCUT2D eigenvalue weighted by Crippen LogP contribution is 2.49. The number of rotatable bonds is 10. The van der Waals surface area contributed by atoms with Gasteiger partial charge >= 0.3 is 0 Å². The van der Waals surface area contributed by atoms with E-state index in [1.165, 1.54) is 11.1 Å². The predicted octanol–water partition coefficient (Wildman–Crippen LogP) is 6.17. The zero-order valence-corrected chi connectivity index (χ0v) is 37.1. The number of fused-ring (bicyclic) bond motifs is 4. The third-order valence-electron chi connectivity index (χ3n) is 14.8. The Balaban J connectivity index is 0.880. The van der Waals surface area contributed by atoms with Crippen molar-refractivity contribution in [1.29, 1.82) is 0 Å². The lowest BCUT2D eigenvalue weighted by Crippen LogP contribution is -2.62. The van der Waals surface area contributed by atoms with Crippen LogP contribution in [-0.4, -0.2) is 122 Å². The number of hydrogen-bond acceptors (Lipinski definition) is 11. The van der Waals surface area contributed by atoms with Gasteiger partial charge in [-0.25, -0.2) is 9.97 Å². The Labute approximate surface area is 380 Å². The molecule has 0 radical (unpaired) electrons. The number of hydrogen-bond donors (Lipinski definition) is 6. The molecule has 0 bridgehead atoms. The summed E-state index contributed by atoms with van der Waals surface area (Å²) in [5.74, 6) is -0.0768. The highest BCUT2D eigenvalue weighted by Gasteiger charge is 2.61. The van der Waals surface area contributed by atoms with Gasteiger partial charge in [0, 0.05) is 86.0 Å².